The summed E-state index contributed by atoms with van der Waals surface area (Å²) in [4.78, 5) is 11.3. The van der Waals surface area contributed by atoms with Crippen LogP contribution in [0.15, 0.2) is 48.5 Å². The normalized spacial score (nSPS) is 10.8. The second-order valence-corrected chi connectivity index (χ2v) is 9.35. The molecule has 31 heavy (non-hydrogen) atoms. The third-order valence-corrected chi connectivity index (χ3v) is 4.32. The Morgan fingerprint density at radius 1 is 0.710 bits per heavy atom. The number of nitrogens with one attached hydrogen (secondary N) is 2. The number of carbonyl (C=O) groups excluding carboxylic acids is 1. The van der Waals surface area contributed by atoms with Crippen LogP contribution in [0.2, 0.25) is 0 Å². The van der Waals surface area contributed by atoms with Gasteiger partial charge in [-0.2, -0.15) is 0 Å². The van der Waals surface area contributed by atoms with Gasteiger partial charge in [0.2, 0.25) is 0 Å². The van der Waals surface area contributed by atoms with Crippen LogP contribution in [-0.2, 0) is 22.6 Å². The highest BCUT2D eigenvalue weighted by molar-refractivity contribution is 5.71. The van der Waals surface area contributed by atoms with E-state index >= 15 is 0 Å². The Bertz CT molecular complexity index is 719. The summed E-state index contributed by atoms with van der Waals surface area (Å²) >= 11 is 0. The summed E-state index contributed by atoms with van der Waals surface area (Å²) in [7, 11) is 0. The zero-order chi connectivity index (χ0) is 23.4. The Morgan fingerprint density at radius 3 is 1.48 bits per heavy atom. The maximum Gasteiger partial charge on any atom is 0.308 e. The lowest BCUT2D eigenvalue weighted by Crippen LogP contribution is -2.11. The third kappa shape index (κ3) is 12.1. The van der Waals surface area contributed by atoms with Gasteiger partial charge in [-0.05, 0) is 75.4 Å². The molecule has 4 nitrogen and oxygen atoms in total. The summed E-state index contributed by atoms with van der Waals surface area (Å²) in [5.74, 6) is 0.505. The Hall–Kier alpha value is -2.49. The maximum absolute atomic E-state index is 11.3. The van der Waals surface area contributed by atoms with Gasteiger partial charge in [-0.25, -0.2) is 0 Å². The quantitative estimate of drug-likeness (QED) is 0.428. The van der Waals surface area contributed by atoms with E-state index in [0.717, 1.165) is 17.2 Å². The maximum atomic E-state index is 11.3. The molecule has 2 rings (SSSR count). The number of anilines is 2. The molecule has 0 atom stereocenters. The molecule has 0 aliphatic heterocycles. The molecule has 0 aliphatic rings. The van der Waals surface area contributed by atoms with Gasteiger partial charge in [0, 0.05) is 23.5 Å². The van der Waals surface area contributed by atoms with Crippen LogP contribution >= 0.6 is 0 Å². The summed E-state index contributed by atoms with van der Waals surface area (Å²) < 4.78 is 5.15. The van der Waals surface area contributed by atoms with Crippen molar-refractivity contribution in [2.24, 2.45) is 11.8 Å². The van der Waals surface area contributed by atoms with E-state index < -0.39 is 0 Å². The minimum Gasteiger partial charge on any atom is -0.461 e. The molecule has 0 aliphatic carbocycles. The first kappa shape index (κ1) is 26.5. The smallest absolute Gasteiger partial charge is 0.308 e. The molecule has 4 heteroatoms. The standard InChI is InChI=1S/C14H21NO2.C13H21N/c1-10(2)14(16)17-9-12-5-7-13(8-6-12)15-11(3)4;1-10(2)9-12-5-7-13(8-6-12)14-11(3)4/h5-8,10-11,15H,9H2,1-4H3;5-8,10-11,14H,9H2,1-4H3. The van der Waals surface area contributed by atoms with Gasteiger partial charge in [0.05, 0.1) is 5.92 Å². The molecular weight excluding hydrogens is 384 g/mol. The summed E-state index contributed by atoms with van der Waals surface area (Å²) in [6.07, 6.45) is 1.17. The molecule has 172 valence electrons. The highest BCUT2D eigenvalue weighted by atomic mass is 16.5. The number of rotatable bonds is 9. The first-order chi connectivity index (χ1) is 14.6. The SMILES string of the molecule is CC(C)Cc1ccc(NC(C)C)cc1.CC(C)Nc1ccc(COC(=O)C(C)C)cc1. The topological polar surface area (TPSA) is 50.4 Å². The highest BCUT2D eigenvalue weighted by Crippen LogP contribution is 2.14. The Balaban J connectivity index is 0.000000316. The molecule has 2 N–H and O–H groups in total. The predicted molar refractivity (Wildman–Crippen MR) is 134 cm³/mol. The van der Waals surface area contributed by atoms with E-state index in [1.807, 2.05) is 38.1 Å². The Kier molecular flexibility index (Phi) is 11.8. The molecule has 0 heterocycles. The number of benzene rings is 2. The van der Waals surface area contributed by atoms with Crippen molar-refractivity contribution in [3.05, 3.63) is 59.7 Å². The second-order valence-electron chi connectivity index (χ2n) is 9.35. The second kappa shape index (κ2) is 13.7. The monoisotopic (exact) mass is 426 g/mol. The van der Waals surface area contributed by atoms with Crippen LogP contribution in [-0.4, -0.2) is 18.1 Å². The van der Waals surface area contributed by atoms with E-state index in [9.17, 15) is 4.79 Å². The van der Waals surface area contributed by atoms with Gasteiger partial charge in [-0.3, -0.25) is 4.79 Å². The van der Waals surface area contributed by atoms with Crippen molar-refractivity contribution in [2.75, 3.05) is 10.6 Å². The first-order valence-corrected chi connectivity index (χ1v) is 11.4. The van der Waals surface area contributed by atoms with Gasteiger partial charge < -0.3 is 15.4 Å². The average molecular weight is 427 g/mol. The lowest BCUT2D eigenvalue weighted by molar-refractivity contribution is -0.148. The van der Waals surface area contributed by atoms with Gasteiger partial charge in [-0.15, -0.1) is 0 Å². The number of hydrogen-bond donors (Lipinski definition) is 2. The summed E-state index contributed by atoms with van der Waals surface area (Å²) in [5, 5.41) is 6.69. The minimum absolute atomic E-state index is 0.0723. The van der Waals surface area contributed by atoms with Crippen LogP contribution in [0.1, 0.15) is 66.5 Å². The highest BCUT2D eigenvalue weighted by Gasteiger charge is 2.08. The number of hydrogen-bond acceptors (Lipinski definition) is 4. The Labute approximate surface area is 189 Å². The molecular formula is C27H42N2O2. The molecule has 0 radical (unpaired) electrons. The van der Waals surface area contributed by atoms with Crippen molar-refractivity contribution in [1.29, 1.82) is 0 Å². The van der Waals surface area contributed by atoms with Crippen molar-refractivity contribution >= 4 is 17.3 Å². The molecule has 0 bridgehead atoms. The van der Waals surface area contributed by atoms with Crippen LogP contribution in [0.3, 0.4) is 0 Å². The molecule has 0 saturated carbocycles. The van der Waals surface area contributed by atoms with Gasteiger partial charge in [0.25, 0.3) is 0 Å². The van der Waals surface area contributed by atoms with E-state index in [1.165, 1.54) is 17.7 Å². The summed E-state index contributed by atoms with van der Waals surface area (Å²) in [6.45, 7) is 17.0. The number of esters is 1. The Morgan fingerprint density at radius 2 is 1.13 bits per heavy atom. The fourth-order valence-electron chi connectivity index (χ4n) is 2.89. The first-order valence-electron chi connectivity index (χ1n) is 11.4. The largest absolute Gasteiger partial charge is 0.461 e. The third-order valence-electron chi connectivity index (χ3n) is 4.32. The molecule has 0 fully saturated rings. The fourth-order valence-corrected chi connectivity index (χ4v) is 2.89. The van der Waals surface area contributed by atoms with Crippen molar-refractivity contribution in [1.82, 2.24) is 0 Å². The molecule has 0 unspecified atom stereocenters. The van der Waals surface area contributed by atoms with Gasteiger partial charge in [-0.1, -0.05) is 52.0 Å². The zero-order valence-electron chi connectivity index (χ0n) is 20.7. The molecule has 0 aromatic heterocycles. The van der Waals surface area contributed by atoms with Crippen LogP contribution in [0.5, 0.6) is 0 Å². The van der Waals surface area contributed by atoms with E-state index in [4.69, 9.17) is 4.74 Å². The average Bonchev–Trinajstić information content (AvgIpc) is 2.68. The number of carbonyl (C=O) groups is 1. The lowest BCUT2D eigenvalue weighted by atomic mass is 10.0. The summed E-state index contributed by atoms with van der Waals surface area (Å²) in [5.41, 5.74) is 4.73. The molecule has 2 aromatic rings. The van der Waals surface area contributed by atoms with E-state index in [1.54, 1.807) is 0 Å². The summed E-state index contributed by atoms with van der Waals surface area (Å²) in [6, 6.07) is 17.6. The van der Waals surface area contributed by atoms with Crippen LogP contribution < -0.4 is 10.6 Å². The molecule has 2 aromatic carbocycles. The van der Waals surface area contributed by atoms with E-state index in [-0.39, 0.29) is 11.9 Å². The van der Waals surface area contributed by atoms with Crippen LogP contribution in [0.4, 0.5) is 11.4 Å². The van der Waals surface area contributed by atoms with Crippen molar-refractivity contribution in [3.63, 3.8) is 0 Å². The molecule has 0 amide bonds. The van der Waals surface area contributed by atoms with Crippen molar-refractivity contribution in [3.8, 4) is 0 Å². The molecule has 0 saturated heterocycles. The van der Waals surface area contributed by atoms with Crippen molar-refractivity contribution < 1.29 is 9.53 Å². The van der Waals surface area contributed by atoms with Gasteiger partial charge in [0.1, 0.15) is 6.61 Å². The van der Waals surface area contributed by atoms with Gasteiger partial charge >= 0.3 is 5.97 Å². The fraction of sp³-hybridized carbons (Fsp3) is 0.519. The molecule has 0 spiro atoms. The van der Waals surface area contributed by atoms with Gasteiger partial charge in [0.15, 0.2) is 0 Å². The lowest BCUT2D eigenvalue weighted by Gasteiger charge is -2.11. The number of ether oxygens (including phenoxy) is 1. The zero-order valence-corrected chi connectivity index (χ0v) is 20.7. The van der Waals surface area contributed by atoms with Crippen LogP contribution in [0, 0.1) is 11.8 Å². The van der Waals surface area contributed by atoms with Crippen molar-refractivity contribution in [2.45, 2.75) is 80.5 Å². The van der Waals surface area contributed by atoms with Crippen LogP contribution in [0.25, 0.3) is 0 Å². The predicted octanol–water partition coefficient (Wildman–Crippen LogP) is 6.91. The van der Waals surface area contributed by atoms with E-state index in [0.29, 0.717) is 18.7 Å². The minimum atomic E-state index is -0.158. The van der Waals surface area contributed by atoms with E-state index in [2.05, 4.69) is 76.4 Å².